The smallest absolute Gasteiger partial charge is 0.410 e. The zero-order valence-electron chi connectivity index (χ0n) is 51.7. The van der Waals surface area contributed by atoms with Crippen molar-refractivity contribution in [3.63, 3.8) is 0 Å². The van der Waals surface area contributed by atoms with Crippen molar-refractivity contribution >= 4 is 47.3 Å². The molecular formula is C70H98ClN7O8. The van der Waals surface area contributed by atoms with Crippen LogP contribution in [0.3, 0.4) is 0 Å². The molecule has 0 spiro atoms. The van der Waals surface area contributed by atoms with E-state index in [1.54, 1.807) is 34.9 Å². The van der Waals surface area contributed by atoms with E-state index < -0.39 is 41.5 Å². The number of benzene rings is 3. The molecule has 2 aliphatic heterocycles. The predicted octanol–water partition coefficient (Wildman–Crippen LogP) is 11.4. The van der Waals surface area contributed by atoms with Gasteiger partial charge >= 0.3 is 12.1 Å². The Balaban J connectivity index is 0.956. The van der Waals surface area contributed by atoms with Gasteiger partial charge in [0.1, 0.15) is 24.2 Å². The Hall–Kier alpha value is -5.77. The SMILES string of the molecule is C=CCOC(=O)N1CCN(CCNCC(=O)NC2(C(=O)N(C)[C@H](C(=O)N(C)[C@@H](CC(=O)OC(c3ccccc3)(c3ccc(C4CCCCCCCCCC5CC5C4)cc3)c3ccccc3Cl)C(=O)N3CCCCC3)C3CCCCC3)CCCC2)CC1. The highest BCUT2D eigenvalue weighted by atomic mass is 35.5. The maximum absolute atomic E-state index is 15.8. The third-order valence-corrected chi connectivity index (χ3v) is 20.4. The van der Waals surface area contributed by atoms with Gasteiger partial charge in [0.25, 0.3) is 0 Å². The van der Waals surface area contributed by atoms with Gasteiger partial charge in [-0.05, 0) is 99.5 Å². The van der Waals surface area contributed by atoms with E-state index in [1.807, 2.05) is 54.6 Å². The summed E-state index contributed by atoms with van der Waals surface area (Å²) >= 11 is 7.26. The molecule has 6 aliphatic rings. The second kappa shape index (κ2) is 31.4. The molecule has 9 rings (SSSR count). The van der Waals surface area contributed by atoms with E-state index in [0.717, 1.165) is 75.2 Å². The standard InChI is InChI=1S/C70H98ClN7O8/c1-4-47-85-68(84)78-45-43-76(44-46-78)42-39-72-51-62(79)73-69(37-21-22-38-69)67(83)75(3)64(53-25-15-10-16-26-53)66(82)74(2)61(65(81)77-40-23-12-24-41-77)50-63(80)86-70(57-29-17-11-18-30-57,59-31-19-20-32-60(59)71)58-35-33-52(34-36-58)54-27-13-8-6-5-7-9-14-28-55-49-56(55)48-54/h4,11,17-20,29-36,53-56,61,64,72H,1,5-10,12-16,21-28,37-51H2,2-3H3,(H,73,79)/t54?,55?,56?,61-,64-,70?/m0/s1. The van der Waals surface area contributed by atoms with Crippen LogP contribution in [-0.4, -0.2) is 157 Å². The number of rotatable bonds is 21. The highest BCUT2D eigenvalue weighted by Crippen LogP contribution is 2.50. The van der Waals surface area contributed by atoms with Crippen LogP contribution in [-0.2, 0) is 39.0 Å². The van der Waals surface area contributed by atoms with Crippen molar-refractivity contribution < 1.29 is 38.2 Å². The summed E-state index contributed by atoms with van der Waals surface area (Å²) in [7, 11) is 3.29. The minimum Gasteiger partial charge on any atom is -0.445 e. The molecule has 4 unspecified atom stereocenters. The summed E-state index contributed by atoms with van der Waals surface area (Å²) in [6.45, 7) is 8.47. The summed E-state index contributed by atoms with van der Waals surface area (Å²) in [5, 5.41) is 6.84. The van der Waals surface area contributed by atoms with Crippen LogP contribution in [0.2, 0.25) is 5.02 Å². The van der Waals surface area contributed by atoms with E-state index in [9.17, 15) is 9.59 Å². The molecule has 6 fully saturated rings. The molecule has 0 radical (unpaired) electrons. The topological polar surface area (TPSA) is 161 Å². The van der Waals surface area contributed by atoms with Gasteiger partial charge < -0.3 is 39.7 Å². The van der Waals surface area contributed by atoms with Gasteiger partial charge in [0.15, 0.2) is 5.60 Å². The Morgan fingerprint density at radius 1 is 0.686 bits per heavy atom. The largest absolute Gasteiger partial charge is 0.445 e. The van der Waals surface area contributed by atoms with Crippen molar-refractivity contribution in [1.82, 2.24) is 35.1 Å². The first-order chi connectivity index (χ1) is 41.8. The molecule has 2 saturated heterocycles. The lowest BCUT2D eigenvalue weighted by atomic mass is 9.78. The highest BCUT2D eigenvalue weighted by molar-refractivity contribution is 6.31. The van der Waals surface area contributed by atoms with Gasteiger partial charge in [-0.25, -0.2) is 4.79 Å². The number of esters is 1. The van der Waals surface area contributed by atoms with Gasteiger partial charge in [-0.15, -0.1) is 0 Å². The minimum atomic E-state index is -1.55. The molecular weight excluding hydrogens is 1100 g/mol. The average molecular weight is 1200 g/mol. The Morgan fingerprint density at radius 3 is 1.99 bits per heavy atom. The van der Waals surface area contributed by atoms with Crippen LogP contribution in [0.1, 0.15) is 182 Å². The molecule has 3 aromatic carbocycles. The van der Waals surface area contributed by atoms with Crippen molar-refractivity contribution in [2.75, 3.05) is 79.6 Å². The van der Waals surface area contributed by atoms with E-state index in [4.69, 9.17) is 21.1 Å². The number of hydrogen-bond acceptors (Lipinski definition) is 10. The van der Waals surface area contributed by atoms with E-state index in [2.05, 4.69) is 46.4 Å². The fourth-order valence-electron chi connectivity index (χ4n) is 15.0. The van der Waals surface area contributed by atoms with Gasteiger partial charge in [-0.3, -0.25) is 28.9 Å². The Labute approximate surface area is 517 Å². The number of nitrogens with zero attached hydrogens (tertiary/aromatic N) is 5. The van der Waals surface area contributed by atoms with Crippen LogP contribution in [0.4, 0.5) is 4.79 Å². The quantitative estimate of drug-likeness (QED) is 0.0455. The van der Waals surface area contributed by atoms with Crippen molar-refractivity contribution in [3.05, 3.63) is 119 Å². The van der Waals surface area contributed by atoms with E-state index in [0.29, 0.717) is 100 Å². The van der Waals surface area contributed by atoms with Crippen LogP contribution >= 0.6 is 11.6 Å². The number of likely N-dealkylation sites (tertiary alicyclic amines) is 1. The molecule has 4 saturated carbocycles. The fourth-order valence-corrected chi connectivity index (χ4v) is 15.3. The first-order valence-electron chi connectivity index (χ1n) is 33.0. The first kappa shape index (κ1) is 64.7. The molecule has 6 atom stereocenters. The summed E-state index contributed by atoms with van der Waals surface area (Å²) < 4.78 is 12.3. The molecule has 15 nitrogen and oxygen atoms in total. The highest BCUT2D eigenvalue weighted by Gasteiger charge is 2.50. The zero-order chi connectivity index (χ0) is 60.5. The van der Waals surface area contributed by atoms with Crippen molar-refractivity contribution in [3.8, 4) is 0 Å². The van der Waals surface area contributed by atoms with Crippen LogP contribution in [0.15, 0.2) is 91.5 Å². The van der Waals surface area contributed by atoms with Crippen LogP contribution in [0.5, 0.6) is 0 Å². The number of fused-ring (bicyclic) bond motifs is 1. The molecule has 3 aromatic rings. The Kier molecular flexibility index (Phi) is 23.6. The summed E-state index contributed by atoms with van der Waals surface area (Å²) in [5.41, 5.74) is 0.531. The third-order valence-electron chi connectivity index (χ3n) is 20.1. The van der Waals surface area contributed by atoms with Gasteiger partial charge in [-0.2, -0.15) is 0 Å². The van der Waals surface area contributed by atoms with Gasteiger partial charge in [0.05, 0.1) is 13.0 Å². The summed E-state index contributed by atoms with van der Waals surface area (Å²) in [5.74, 6) is -0.220. The maximum atomic E-state index is 15.8. The van der Waals surface area contributed by atoms with E-state index >= 15 is 19.2 Å². The van der Waals surface area contributed by atoms with Crippen molar-refractivity contribution in [2.24, 2.45) is 17.8 Å². The normalized spacial score (nSPS) is 22.8. The van der Waals surface area contributed by atoms with Gasteiger partial charge in [0.2, 0.25) is 23.6 Å². The number of carbonyl (C=O) groups excluding carboxylic acids is 6. The summed E-state index contributed by atoms with van der Waals surface area (Å²) in [6, 6.07) is 23.6. The number of amides is 5. The molecule has 468 valence electrons. The number of carbonyl (C=O) groups is 6. The molecule has 2 heterocycles. The van der Waals surface area contributed by atoms with Gasteiger partial charge in [0, 0.05) is 88.2 Å². The van der Waals surface area contributed by atoms with Gasteiger partial charge in [-0.1, -0.05) is 181 Å². The summed E-state index contributed by atoms with van der Waals surface area (Å²) in [4.78, 5) is 96.8. The summed E-state index contributed by atoms with van der Waals surface area (Å²) in [6.07, 6.45) is 24.0. The van der Waals surface area contributed by atoms with E-state index in [-0.39, 0.29) is 42.9 Å². The first-order valence-corrected chi connectivity index (χ1v) is 33.4. The molecule has 16 heteroatoms. The Bertz CT molecular complexity index is 2720. The minimum absolute atomic E-state index is 0.00520. The average Bonchev–Trinajstić information content (AvgIpc) is 1.07. The number of piperazine rings is 1. The number of piperidine rings is 1. The predicted molar refractivity (Wildman–Crippen MR) is 337 cm³/mol. The number of ether oxygens (including phenoxy) is 2. The second-order valence-electron chi connectivity index (χ2n) is 25.9. The molecule has 86 heavy (non-hydrogen) atoms. The molecule has 4 aliphatic carbocycles. The van der Waals surface area contributed by atoms with Crippen molar-refractivity contribution in [1.29, 1.82) is 0 Å². The van der Waals surface area contributed by atoms with Crippen molar-refractivity contribution in [2.45, 2.75) is 183 Å². The molecule has 0 bridgehead atoms. The number of halogens is 1. The second-order valence-corrected chi connectivity index (χ2v) is 26.3. The number of nitrogens with one attached hydrogen (secondary N) is 2. The molecule has 5 amide bonds. The molecule has 0 aromatic heterocycles. The third kappa shape index (κ3) is 16.3. The lowest BCUT2D eigenvalue weighted by Gasteiger charge is -2.43. The maximum Gasteiger partial charge on any atom is 0.410 e. The molecule has 2 N–H and O–H groups in total. The Morgan fingerprint density at radius 2 is 1.30 bits per heavy atom. The van der Waals surface area contributed by atoms with Crippen LogP contribution in [0.25, 0.3) is 0 Å². The van der Waals surface area contributed by atoms with Crippen LogP contribution < -0.4 is 10.6 Å². The van der Waals surface area contributed by atoms with E-state index in [1.165, 1.54) is 74.7 Å². The fraction of sp³-hybridized carbons (Fsp3) is 0.629. The zero-order valence-corrected chi connectivity index (χ0v) is 52.4. The number of likely N-dealkylation sites (N-methyl/N-ethyl adjacent to an activating group) is 2. The number of hydrogen-bond donors (Lipinski definition) is 2. The monoisotopic (exact) mass is 1200 g/mol. The lowest BCUT2D eigenvalue weighted by molar-refractivity contribution is -0.161. The van der Waals surface area contributed by atoms with Crippen LogP contribution in [0, 0.1) is 17.8 Å². The lowest BCUT2D eigenvalue weighted by Crippen LogP contribution is -2.64.